The van der Waals surface area contributed by atoms with Crippen LogP contribution in [0.5, 0.6) is 0 Å². The second kappa shape index (κ2) is 4.38. The molecule has 0 aliphatic heterocycles. The molecule has 1 radical (unpaired) electrons. The molecular weight excluding hydrogens is 159 g/mol. The van der Waals surface area contributed by atoms with Crippen LogP contribution in [-0.2, 0) is 0 Å². The number of hydrogen-bond donors (Lipinski definition) is 0. The second-order valence-electron chi connectivity index (χ2n) is 2.35. The van der Waals surface area contributed by atoms with Crippen molar-refractivity contribution in [2.75, 3.05) is 0 Å². The molecule has 0 aliphatic rings. The van der Waals surface area contributed by atoms with E-state index in [-0.39, 0.29) is 51.4 Å². The number of rotatable bonds is 0. The van der Waals surface area contributed by atoms with Gasteiger partial charge in [-0.3, -0.25) is 0 Å². The average Bonchev–Trinajstić information content (AvgIpc) is 2.05. The fourth-order valence-electron chi connectivity index (χ4n) is 1.13. The van der Waals surface area contributed by atoms with Gasteiger partial charge in [-0.2, -0.15) is 0 Å². The Bertz CT molecular complexity index is 276. The molecule has 2 rings (SSSR count). The van der Waals surface area contributed by atoms with Gasteiger partial charge in [0.25, 0.3) is 0 Å². The smallest absolute Gasteiger partial charge is 0 e. The Morgan fingerprint density at radius 2 is 0.818 bits per heavy atom. The third-order valence-corrected chi connectivity index (χ3v) is 1.66. The van der Waals surface area contributed by atoms with Crippen LogP contribution in [0.3, 0.4) is 0 Å². The molecule has 0 bridgehead atoms. The molecule has 0 atom stereocenters. The Morgan fingerprint density at radius 3 is 1.09 bits per heavy atom. The zero-order chi connectivity index (χ0) is 6.81. The van der Waals surface area contributed by atoms with Crippen molar-refractivity contribution in [1.29, 1.82) is 0 Å². The molecule has 0 N–H and O–H groups in total. The van der Waals surface area contributed by atoms with Gasteiger partial charge in [-0.15, -0.1) is 0 Å². The second-order valence-corrected chi connectivity index (χ2v) is 2.35. The summed E-state index contributed by atoms with van der Waals surface area (Å²) < 4.78 is 0. The first-order chi connectivity index (χ1) is 4.97. The predicted molar refractivity (Wildman–Crippen MR) is 49.7 cm³/mol. The fraction of sp³-hybridized carbons (Fsp3) is 0. The van der Waals surface area contributed by atoms with Crippen LogP contribution in [0.4, 0.5) is 0 Å². The van der Waals surface area contributed by atoms with Crippen LogP contribution in [0.15, 0.2) is 48.5 Å². The van der Waals surface area contributed by atoms with Crippen LogP contribution in [0, 0.1) is 0 Å². The van der Waals surface area contributed by atoms with Crippen molar-refractivity contribution in [3.63, 3.8) is 0 Å². The first-order valence-electron chi connectivity index (χ1n) is 3.40. The quantitative estimate of drug-likeness (QED) is 0.529. The fourth-order valence-corrected chi connectivity index (χ4v) is 1.13. The summed E-state index contributed by atoms with van der Waals surface area (Å²) in [6.07, 6.45) is 0. The van der Waals surface area contributed by atoms with Gasteiger partial charge in [-0.05, 0) is 10.8 Å². The summed E-state index contributed by atoms with van der Waals surface area (Å²) in [6.45, 7) is 0. The molecule has 0 saturated heterocycles. The van der Waals surface area contributed by atoms with Crippen LogP contribution in [0.1, 0.15) is 0 Å². The van der Waals surface area contributed by atoms with Crippen LogP contribution in [0.2, 0.25) is 0 Å². The van der Waals surface area contributed by atoms with E-state index >= 15 is 0 Å². The Kier molecular flexibility index (Phi) is 3.76. The third-order valence-electron chi connectivity index (χ3n) is 1.66. The maximum atomic E-state index is 2.12. The van der Waals surface area contributed by atoms with Crippen molar-refractivity contribution in [3.05, 3.63) is 48.5 Å². The van der Waals surface area contributed by atoms with Crippen LogP contribution >= 0.6 is 0 Å². The zero-order valence-corrected chi connectivity index (χ0v) is 9.74. The number of fused-ring (bicyclic) bond motifs is 1. The summed E-state index contributed by atoms with van der Waals surface area (Å²) in [5.74, 6) is 0. The van der Waals surface area contributed by atoms with Crippen molar-refractivity contribution in [3.8, 4) is 0 Å². The van der Waals surface area contributed by atoms with Gasteiger partial charge in [-0.25, -0.2) is 0 Å². The van der Waals surface area contributed by atoms with E-state index in [0.29, 0.717) is 0 Å². The van der Waals surface area contributed by atoms with Crippen molar-refractivity contribution < 1.29 is 0 Å². The normalized spacial score (nSPS) is 9.09. The Hall–Kier alpha value is 0.336. The molecule has 0 nitrogen and oxygen atoms in total. The van der Waals surface area contributed by atoms with Crippen molar-refractivity contribution in [2.24, 2.45) is 0 Å². The Balaban J connectivity index is 0.000000605. The minimum Gasteiger partial charge on any atom is -0.0616 e. The molecule has 0 aliphatic carbocycles. The molecule has 0 amide bonds. The molecule has 2 aromatic carbocycles. The van der Waals surface area contributed by atoms with Crippen molar-refractivity contribution in [1.82, 2.24) is 0 Å². The molecule has 49 valence electrons. The van der Waals surface area contributed by atoms with Crippen molar-refractivity contribution in [2.45, 2.75) is 0 Å². The van der Waals surface area contributed by atoms with E-state index in [1.807, 2.05) is 0 Å². The average molecular weight is 167 g/mol. The maximum Gasteiger partial charge on any atom is 0 e. The van der Waals surface area contributed by atoms with Crippen molar-refractivity contribution >= 4 is 62.2 Å². The first kappa shape index (κ1) is 9.42. The molecule has 1 heteroatoms. The SMILES string of the molecule is [K].c1ccc2ccccc2c1. The van der Waals surface area contributed by atoms with E-state index in [1.54, 1.807) is 0 Å². The maximum absolute atomic E-state index is 2.12. The predicted octanol–water partition coefficient (Wildman–Crippen LogP) is 2.46. The molecule has 0 heterocycles. The molecular formula is C10H8K. The minimum absolute atomic E-state index is 0. The van der Waals surface area contributed by atoms with Crippen LogP contribution < -0.4 is 0 Å². The molecule has 0 spiro atoms. The van der Waals surface area contributed by atoms with E-state index in [1.165, 1.54) is 10.8 Å². The van der Waals surface area contributed by atoms with Crippen LogP contribution in [0.25, 0.3) is 10.8 Å². The van der Waals surface area contributed by atoms with Gasteiger partial charge in [0.1, 0.15) is 0 Å². The van der Waals surface area contributed by atoms with E-state index in [2.05, 4.69) is 48.5 Å². The molecule has 0 unspecified atom stereocenters. The van der Waals surface area contributed by atoms with Gasteiger partial charge in [-0.1, -0.05) is 48.5 Å². The first-order valence-corrected chi connectivity index (χ1v) is 3.40. The molecule has 2 aromatic rings. The van der Waals surface area contributed by atoms with E-state index in [4.69, 9.17) is 0 Å². The minimum atomic E-state index is 0. The number of benzene rings is 2. The largest absolute Gasteiger partial charge is 0.0616 e. The standard InChI is InChI=1S/C10H8.K/c1-2-6-10-8-4-3-7-9(10)5-1;/h1-8H;. The van der Waals surface area contributed by atoms with Gasteiger partial charge < -0.3 is 0 Å². The monoisotopic (exact) mass is 167 g/mol. The summed E-state index contributed by atoms with van der Waals surface area (Å²) in [4.78, 5) is 0. The van der Waals surface area contributed by atoms with Gasteiger partial charge in [0.15, 0.2) is 0 Å². The molecule has 11 heavy (non-hydrogen) atoms. The van der Waals surface area contributed by atoms with E-state index in [9.17, 15) is 0 Å². The topological polar surface area (TPSA) is 0 Å². The van der Waals surface area contributed by atoms with E-state index in [0.717, 1.165) is 0 Å². The summed E-state index contributed by atoms with van der Waals surface area (Å²) in [5, 5.41) is 2.62. The summed E-state index contributed by atoms with van der Waals surface area (Å²) in [5.41, 5.74) is 0. The van der Waals surface area contributed by atoms with Gasteiger partial charge in [0, 0.05) is 51.4 Å². The Labute approximate surface area is 109 Å². The van der Waals surface area contributed by atoms with Gasteiger partial charge >= 0.3 is 0 Å². The molecule has 0 fully saturated rings. The Morgan fingerprint density at radius 1 is 0.545 bits per heavy atom. The van der Waals surface area contributed by atoms with Gasteiger partial charge in [0.2, 0.25) is 0 Å². The zero-order valence-electron chi connectivity index (χ0n) is 6.62. The number of hydrogen-bond acceptors (Lipinski definition) is 0. The molecule has 0 aromatic heterocycles. The van der Waals surface area contributed by atoms with Crippen LogP contribution in [-0.4, -0.2) is 51.4 Å². The van der Waals surface area contributed by atoms with Gasteiger partial charge in [0.05, 0.1) is 0 Å². The summed E-state index contributed by atoms with van der Waals surface area (Å²) >= 11 is 0. The summed E-state index contributed by atoms with van der Waals surface area (Å²) in [6, 6.07) is 16.7. The van der Waals surface area contributed by atoms with E-state index < -0.39 is 0 Å². The third kappa shape index (κ3) is 2.14. The summed E-state index contributed by atoms with van der Waals surface area (Å²) in [7, 11) is 0. The molecule has 0 saturated carbocycles.